The Bertz CT molecular complexity index is 533. The molecule has 0 aliphatic heterocycles. The average Bonchev–Trinajstić information content (AvgIpc) is 2.48. The first-order valence-electron chi connectivity index (χ1n) is 7.43. The molecule has 0 spiro atoms. The van der Waals surface area contributed by atoms with E-state index in [1.165, 1.54) is 12.1 Å². The maximum atomic E-state index is 11.8. The van der Waals surface area contributed by atoms with Crippen LogP contribution in [-0.2, 0) is 11.2 Å². The topological polar surface area (TPSA) is 80.4 Å². The Morgan fingerprint density at radius 1 is 1.43 bits per heavy atom. The first-order valence-corrected chi connectivity index (χ1v) is 7.43. The highest BCUT2D eigenvalue weighted by atomic mass is 16.6. The number of rotatable bonds is 5. The molecule has 5 heteroatoms. The molecule has 0 radical (unpaired) electrons. The minimum absolute atomic E-state index is 0.0234. The molecular weight excluding hydrogens is 270 g/mol. The Labute approximate surface area is 124 Å². The molecule has 0 heterocycles. The van der Waals surface area contributed by atoms with Gasteiger partial charge in [0.05, 0.1) is 10.3 Å². The predicted molar refractivity (Wildman–Crippen MR) is 79.1 cm³/mol. The monoisotopic (exact) mass is 291 g/mol. The van der Waals surface area contributed by atoms with Crippen LogP contribution in [0.3, 0.4) is 0 Å². The standard InChI is InChI=1S/C16H21NO4/c1-2-12-6-8-16(9-7-12,15(18)19)11-13-4-3-5-14(10-13)17(20)21/h3-5,10,12H,2,6-9,11H2,1H3,(H,18,19). The smallest absolute Gasteiger partial charge is 0.309 e. The molecule has 1 saturated carbocycles. The number of carboxylic acids is 1. The summed E-state index contributed by atoms with van der Waals surface area (Å²) in [5, 5.41) is 20.5. The average molecular weight is 291 g/mol. The number of non-ortho nitro benzene ring substituents is 1. The van der Waals surface area contributed by atoms with Crippen molar-refractivity contribution in [3.8, 4) is 0 Å². The van der Waals surface area contributed by atoms with Crippen molar-refractivity contribution >= 4 is 11.7 Å². The number of aliphatic carboxylic acids is 1. The second-order valence-corrected chi connectivity index (χ2v) is 6.04. The molecule has 21 heavy (non-hydrogen) atoms. The normalized spacial score (nSPS) is 25.5. The Hall–Kier alpha value is -1.91. The highest BCUT2D eigenvalue weighted by Gasteiger charge is 2.41. The van der Waals surface area contributed by atoms with Crippen LogP contribution in [0.5, 0.6) is 0 Å². The fourth-order valence-corrected chi connectivity index (χ4v) is 3.28. The summed E-state index contributed by atoms with van der Waals surface area (Å²) in [6.07, 6.45) is 4.63. The molecule has 1 aromatic carbocycles. The van der Waals surface area contributed by atoms with Crippen LogP contribution >= 0.6 is 0 Å². The fourth-order valence-electron chi connectivity index (χ4n) is 3.28. The van der Waals surface area contributed by atoms with Gasteiger partial charge in [0.15, 0.2) is 0 Å². The maximum absolute atomic E-state index is 11.8. The van der Waals surface area contributed by atoms with Crippen molar-refractivity contribution in [3.05, 3.63) is 39.9 Å². The van der Waals surface area contributed by atoms with E-state index in [1.807, 2.05) is 0 Å². The summed E-state index contributed by atoms with van der Waals surface area (Å²) in [6, 6.07) is 6.34. The number of nitro groups is 1. The molecule has 5 nitrogen and oxygen atoms in total. The quantitative estimate of drug-likeness (QED) is 0.660. The summed E-state index contributed by atoms with van der Waals surface area (Å²) >= 11 is 0. The van der Waals surface area contributed by atoms with Crippen LogP contribution in [0.1, 0.15) is 44.6 Å². The molecule has 1 fully saturated rings. The summed E-state index contributed by atoms with van der Waals surface area (Å²) in [6.45, 7) is 2.14. The molecule has 2 rings (SSSR count). The molecule has 1 aliphatic rings. The molecule has 1 aliphatic carbocycles. The largest absolute Gasteiger partial charge is 0.481 e. The molecule has 0 saturated heterocycles. The molecule has 0 atom stereocenters. The van der Waals surface area contributed by atoms with Crippen LogP contribution in [0.25, 0.3) is 0 Å². The van der Waals surface area contributed by atoms with Gasteiger partial charge in [0.1, 0.15) is 0 Å². The number of carbonyl (C=O) groups is 1. The van der Waals surface area contributed by atoms with Crippen molar-refractivity contribution in [2.24, 2.45) is 11.3 Å². The highest BCUT2D eigenvalue weighted by Crippen LogP contribution is 2.43. The van der Waals surface area contributed by atoms with E-state index in [4.69, 9.17) is 0 Å². The number of nitro benzene ring substituents is 1. The van der Waals surface area contributed by atoms with Crippen LogP contribution in [0.4, 0.5) is 5.69 Å². The Balaban J connectivity index is 2.19. The molecule has 0 amide bonds. The maximum Gasteiger partial charge on any atom is 0.309 e. The highest BCUT2D eigenvalue weighted by molar-refractivity contribution is 5.75. The second-order valence-electron chi connectivity index (χ2n) is 6.04. The van der Waals surface area contributed by atoms with Crippen molar-refractivity contribution < 1.29 is 14.8 Å². The zero-order valence-corrected chi connectivity index (χ0v) is 12.2. The van der Waals surface area contributed by atoms with Crippen LogP contribution < -0.4 is 0 Å². The summed E-state index contributed by atoms with van der Waals surface area (Å²) < 4.78 is 0. The fraction of sp³-hybridized carbons (Fsp3) is 0.562. The van der Waals surface area contributed by atoms with E-state index in [0.29, 0.717) is 25.2 Å². The lowest BCUT2D eigenvalue weighted by atomic mass is 9.67. The van der Waals surface area contributed by atoms with Crippen LogP contribution in [-0.4, -0.2) is 16.0 Å². The minimum Gasteiger partial charge on any atom is -0.481 e. The van der Waals surface area contributed by atoms with Crippen LogP contribution in [0.15, 0.2) is 24.3 Å². The van der Waals surface area contributed by atoms with Gasteiger partial charge >= 0.3 is 5.97 Å². The molecule has 1 aromatic rings. The zero-order valence-electron chi connectivity index (χ0n) is 12.2. The molecular formula is C16H21NO4. The van der Waals surface area contributed by atoms with Crippen LogP contribution in [0, 0.1) is 21.4 Å². The Morgan fingerprint density at radius 2 is 2.10 bits per heavy atom. The Kier molecular flexibility index (Phi) is 4.60. The van der Waals surface area contributed by atoms with E-state index in [1.54, 1.807) is 12.1 Å². The van der Waals surface area contributed by atoms with Gasteiger partial charge in [-0.05, 0) is 43.6 Å². The zero-order chi connectivity index (χ0) is 15.5. The van der Waals surface area contributed by atoms with Gasteiger partial charge in [-0.1, -0.05) is 25.5 Å². The third-order valence-corrected chi connectivity index (χ3v) is 4.76. The van der Waals surface area contributed by atoms with Crippen molar-refractivity contribution in [1.29, 1.82) is 0 Å². The third-order valence-electron chi connectivity index (χ3n) is 4.76. The van der Waals surface area contributed by atoms with E-state index < -0.39 is 16.3 Å². The molecule has 114 valence electrons. The summed E-state index contributed by atoms with van der Waals surface area (Å²) in [4.78, 5) is 22.2. The summed E-state index contributed by atoms with van der Waals surface area (Å²) in [7, 11) is 0. The van der Waals surface area contributed by atoms with Gasteiger partial charge in [0.2, 0.25) is 0 Å². The summed E-state index contributed by atoms with van der Waals surface area (Å²) in [5.74, 6) is -0.161. The lowest BCUT2D eigenvalue weighted by Crippen LogP contribution is -2.37. The Morgan fingerprint density at radius 3 is 2.62 bits per heavy atom. The molecule has 1 N–H and O–H groups in total. The summed E-state index contributed by atoms with van der Waals surface area (Å²) in [5.41, 5.74) is -0.00205. The lowest BCUT2D eigenvalue weighted by molar-refractivity contribution is -0.384. The van der Waals surface area contributed by atoms with E-state index >= 15 is 0 Å². The van der Waals surface area contributed by atoms with Gasteiger partial charge in [0.25, 0.3) is 5.69 Å². The van der Waals surface area contributed by atoms with Gasteiger partial charge in [-0.3, -0.25) is 14.9 Å². The number of carboxylic acid groups (broad SMARTS) is 1. The van der Waals surface area contributed by atoms with Gasteiger partial charge in [-0.15, -0.1) is 0 Å². The number of hydrogen-bond donors (Lipinski definition) is 1. The SMILES string of the molecule is CCC1CCC(Cc2cccc([N+](=O)[O-])c2)(C(=O)O)CC1. The van der Waals surface area contributed by atoms with E-state index in [0.717, 1.165) is 24.8 Å². The minimum atomic E-state index is -0.774. The van der Waals surface area contributed by atoms with Crippen molar-refractivity contribution in [2.75, 3.05) is 0 Å². The second kappa shape index (κ2) is 6.24. The number of hydrogen-bond acceptors (Lipinski definition) is 3. The first-order chi connectivity index (χ1) is 9.97. The number of benzene rings is 1. The van der Waals surface area contributed by atoms with Gasteiger partial charge in [-0.2, -0.15) is 0 Å². The van der Waals surface area contributed by atoms with E-state index in [-0.39, 0.29) is 5.69 Å². The van der Waals surface area contributed by atoms with E-state index in [2.05, 4.69) is 6.92 Å². The van der Waals surface area contributed by atoms with Crippen molar-refractivity contribution in [2.45, 2.75) is 45.4 Å². The van der Waals surface area contributed by atoms with E-state index in [9.17, 15) is 20.0 Å². The molecule has 0 aromatic heterocycles. The van der Waals surface area contributed by atoms with Crippen LogP contribution in [0.2, 0.25) is 0 Å². The molecule has 0 unspecified atom stereocenters. The van der Waals surface area contributed by atoms with Gasteiger partial charge in [-0.25, -0.2) is 0 Å². The number of nitrogens with zero attached hydrogens (tertiary/aromatic N) is 1. The van der Waals surface area contributed by atoms with Crippen molar-refractivity contribution in [3.63, 3.8) is 0 Å². The lowest BCUT2D eigenvalue weighted by Gasteiger charge is -2.36. The van der Waals surface area contributed by atoms with Gasteiger partial charge < -0.3 is 5.11 Å². The predicted octanol–water partition coefficient (Wildman–Crippen LogP) is 3.81. The van der Waals surface area contributed by atoms with Gasteiger partial charge in [0, 0.05) is 12.1 Å². The van der Waals surface area contributed by atoms with Crippen molar-refractivity contribution in [1.82, 2.24) is 0 Å². The third kappa shape index (κ3) is 3.40. The first kappa shape index (κ1) is 15.5. The molecule has 0 bridgehead atoms.